The summed E-state index contributed by atoms with van der Waals surface area (Å²) in [4.78, 5) is 27.0. The van der Waals surface area contributed by atoms with Crippen molar-refractivity contribution in [2.45, 2.75) is 32.8 Å². The third-order valence-electron chi connectivity index (χ3n) is 4.05. The first kappa shape index (κ1) is 16.4. The normalized spacial score (nSPS) is 15.7. The summed E-state index contributed by atoms with van der Waals surface area (Å²) >= 11 is 1.28. The van der Waals surface area contributed by atoms with Gasteiger partial charge in [0.25, 0.3) is 5.91 Å². The average Bonchev–Trinajstić information content (AvgIpc) is 3.14. The molecule has 0 saturated heterocycles. The van der Waals surface area contributed by atoms with Gasteiger partial charge in [-0.1, -0.05) is 6.07 Å². The molecule has 7 heteroatoms. The van der Waals surface area contributed by atoms with Crippen molar-refractivity contribution in [2.75, 3.05) is 6.54 Å². The number of carbonyl (C=O) groups excluding carboxylic acids is 1. The number of hydrogen-bond donors (Lipinski definition) is 2. The molecule has 0 bridgehead atoms. The molecule has 2 aromatic rings. The molecule has 1 amide bonds. The van der Waals surface area contributed by atoms with Gasteiger partial charge in [-0.25, -0.2) is 9.78 Å². The van der Waals surface area contributed by atoms with Gasteiger partial charge in [0.15, 0.2) is 11.8 Å². The number of nitrogens with zero attached hydrogens (tertiary/aromatic N) is 1. The Bertz CT molecular complexity index is 769. The fraction of sp³-hybridized carbons (Fsp3) is 0.353. The Morgan fingerprint density at radius 1 is 1.38 bits per heavy atom. The van der Waals surface area contributed by atoms with Crippen LogP contribution in [0, 0.1) is 13.8 Å². The lowest BCUT2D eigenvalue weighted by atomic mass is 10.0. The fourth-order valence-corrected chi connectivity index (χ4v) is 3.36. The van der Waals surface area contributed by atoms with E-state index in [2.05, 4.69) is 16.4 Å². The van der Waals surface area contributed by atoms with E-state index in [-0.39, 0.29) is 11.6 Å². The van der Waals surface area contributed by atoms with Crippen LogP contribution < -0.4 is 10.1 Å². The van der Waals surface area contributed by atoms with Crippen molar-refractivity contribution >= 4 is 23.2 Å². The molecule has 2 N–H and O–H groups in total. The first-order chi connectivity index (χ1) is 11.4. The van der Waals surface area contributed by atoms with Crippen LogP contribution in [0.1, 0.15) is 32.2 Å². The van der Waals surface area contributed by atoms with E-state index in [0.717, 1.165) is 16.9 Å². The molecule has 1 aliphatic rings. The van der Waals surface area contributed by atoms with E-state index in [0.29, 0.717) is 24.4 Å². The highest BCUT2D eigenvalue weighted by Crippen LogP contribution is 2.31. The van der Waals surface area contributed by atoms with Crippen LogP contribution in [0.2, 0.25) is 0 Å². The predicted octanol–water partition coefficient (Wildman–Crippen LogP) is 2.12. The van der Waals surface area contributed by atoms with Gasteiger partial charge in [-0.2, -0.15) is 0 Å². The zero-order valence-electron chi connectivity index (χ0n) is 13.5. The minimum atomic E-state index is -1.04. The summed E-state index contributed by atoms with van der Waals surface area (Å²) in [5.74, 6) is -0.412. The number of benzene rings is 1. The lowest BCUT2D eigenvalue weighted by Gasteiger charge is -2.11. The molecule has 1 unspecified atom stereocenters. The predicted molar refractivity (Wildman–Crippen MR) is 89.8 cm³/mol. The second kappa shape index (κ2) is 6.60. The standard InChI is InChI=1S/C17H18N2O4S/c1-9-5-11-7-14(23-13(11)6-10(9)2)16(20)18-4-3-15-19-12(8-24-15)17(21)22/h5-6,8,14H,3-4,7H2,1-2H3,(H,18,20)(H,21,22). The van der Waals surface area contributed by atoms with Crippen molar-refractivity contribution in [1.82, 2.24) is 10.3 Å². The monoisotopic (exact) mass is 346 g/mol. The van der Waals surface area contributed by atoms with Gasteiger partial charge in [0.2, 0.25) is 0 Å². The molecule has 2 heterocycles. The molecule has 1 atom stereocenters. The quantitative estimate of drug-likeness (QED) is 0.866. The number of carboxylic acid groups (broad SMARTS) is 1. The molecule has 6 nitrogen and oxygen atoms in total. The van der Waals surface area contributed by atoms with Crippen molar-refractivity contribution in [3.8, 4) is 5.75 Å². The van der Waals surface area contributed by atoms with E-state index in [4.69, 9.17) is 9.84 Å². The minimum Gasteiger partial charge on any atom is -0.480 e. The number of rotatable bonds is 5. The lowest BCUT2D eigenvalue weighted by molar-refractivity contribution is -0.127. The number of fused-ring (bicyclic) bond motifs is 1. The molecule has 24 heavy (non-hydrogen) atoms. The van der Waals surface area contributed by atoms with Gasteiger partial charge in [0.1, 0.15) is 5.75 Å². The first-order valence-electron chi connectivity index (χ1n) is 7.66. The number of amides is 1. The molecular formula is C17H18N2O4S. The number of aromatic carboxylic acids is 1. The maximum atomic E-state index is 12.2. The van der Waals surface area contributed by atoms with Gasteiger partial charge in [-0.3, -0.25) is 4.79 Å². The molecule has 0 spiro atoms. The number of aromatic nitrogens is 1. The summed E-state index contributed by atoms with van der Waals surface area (Å²) < 4.78 is 5.74. The summed E-state index contributed by atoms with van der Waals surface area (Å²) in [6, 6.07) is 4.04. The topological polar surface area (TPSA) is 88.5 Å². The lowest BCUT2D eigenvalue weighted by Crippen LogP contribution is -2.38. The van der Waals surface area contributed by atoms with Gasteiger partial charge in [-0.15, -0.1) is 11.3 Å². The van der Waals surface area contributed by atoms with E-state index in [1.165, 1.54) is 22.3 Å². The Kier molecular flexibility index (Phi) is 4.53. The number of hydrogen-bond acceptors (Lipinski definition) is 5. The molecule has 1 aromatic heterocycles. The summed E-state index contributed by atoms with van der Waals surface area (Å²) in [7, 11) is 0. The van der Waals surface area contributed by atoms with Crippen LogP contribution in [0.5, 0.6) is 5.75 Å². The van der Waals surface area contributed by atoms with Crippen LogP contribution in [0.25, 0.3) is 0 Å². The Labute approximate surface area is 143 Å². The van der Waals surface area contributed by atoms with Crippen molar-refractivity contribution in [3.05, 3.63) is 44.9 Å². The first-order valence-corrected chi connectivity index (χ1v) is 8.54. The number of ether oxygens (including phenoxy) is 1. The zero-order chi connectivity index (χ0) is 17.3. The van der Waals surface area contributed by atoms with Crippen molar-refractivity contribution in [3.63, 3.8) is 0 Å². The van der Waals surface area contributed by atoms with E-state index in [1.54, 1.807) is 0 Å². The van der Waals surface area contributed by atoms with E-state index < -0.39 is 12.1 Å². The summed E-state index contributed by atoms with van der Waals surface area (Å²) in [5.41, 5.74) is 3.44. The zero-order valence-corrected chi connectivity index (χ0v) is 14.3. The van der Waals surface area contributed by atoms with Crippen molar-refractivity contribution in [2.24, 2.45) is 0 Å². The number of nitrogens with one attached hydrogen (secondary N) is 1. The van der Waals surface area contributed by atoms with Crippen LogP contribution in [-0.2, 0) is 17.6 Å². The maximum Gasteiger partial charge on any atom is 0.355 e. The molecular weight excluding hydrogens is 328 g/mol. The highest BCUT2D eigenvalue weighted by molar-refractivity contribution is 7.09. The van der Waals surface area contributed by atoms with Crippen LogP contribution in [0.4, 0.5) is 0 Å². The van der Waals surface area contributed by atoms with Crippen LogP contribution in [0.3, 0.4) is 0 Å². The van der Waals surface area contributed by atoms with Gasteiger partial charge in [0.05, 0.1) is 5.01 Å². The number of carbonyl (C=O) groups is 2. The highest BCUT2D eigenvalue weighted by atomic mass is 32.1. The van der Waals surface area contributed by atoms with Crippen LogP contribution >= 0.6 is 11.3 Å². The summed E-state index contributed by atoms with van der Waals surface area (Å²) in [6.07, 6.45) is 0.566. The van der Waals surface area contributed by atoms with Crippen LogP contribution in [0.15, 0.2) is 17.5 Å². The molecule has 0 radical (unpaired) electrons. The van der Waals surface area contributed by atoms with Crippen molar-refractivity contribution < 1.29 is 19.4 Å². The third-order valence-corrected chi connectivity index (χ3v) is 4.96. The SMILES string of the molecule is Cc1cc2c(cc1C)OC(C(=O)NCCc1nc(C(=O)O)cs1)C2. The van der Waals surface area contributed by atoms with E-state index in [1.807, 2.05) is 19.9 Å². The number of thiazole rings is 1. The molecule has 1 aromatic carbocycles. The van der Waals surface area contributed by atoms with E-state index in [9.17, 15) is 9.59 Å². The fourth-order valence-electron chi connectivity index (χ4n) is 2.59. The largest absolute Gasteiger partial charge is 0.480 e. The highest BCUT2D eigenvalue weighted by Gasteiger charge is 2.29. The minimum absolute atomic E-state index is 0.0432. The second-order valence-electron chi connectivity index (χ2n) is 5.83. The smallest absolute Gasteiger partial charge is 0.355 e. The van der Waals surface area contributed by atoms with Crippen LogP contribution in [-0.4, -0.2) is 34.6 Å². The van der Waals surface area contributed by atoms with Gasteiger partial charge >= 0.3 is 5.97 Å². The van der Waals surface area contributed by atoms with Gasteiger partial charge in [0, 0.05) is 24.8 Å². The molecule has 0 saturated carbocycles. The Morgan fingerprint density at radius 3 is 2.83 bits per heavy atom. The van der Waals surface area contributed by atoms with Gasteiger partial charge in [-0.05, 0) is 36.6 Å². The molecule has 0 aliphatic carbocycles. The Morgan fingerprint density at radius 2 is 2.12 bits per heavy atom. The molecule has 126 valence electrons. The van der Waals surface area contributed by atoms with Crippen molar-refractivity contribution in [1.29, 1.82) is 0 Å². The maximum absolute atomic E-state index is 12.2. The Balaban J connectivity index is 1.52. The Hall–Kier alpha value is -2.41. The third kappa shape index (κ3) is 3.41. The average molecular weight is 346 g/mol. The second-order valence-corrected chi connectivity index (χ2v) is 6.77. The number of aryl methyl sites for hydroxylation is 2. The summed E-state index contributed by atoms with van der Waals surface area (Å²) in [5, 5.41) is 13.9. The number of carboxylic acids is 1. The van der Waals surface area contributed by atoms with Gasteiger partial charge < -0.3 is 15.2 Å². The summed E-state index contributed by atoms with van der Waals surface area (Å²) in [6.45, 7) is 4.47. The molecule has 3 rings (SSSR count). The molecule has 0 fully saturated rings. The van der Waals surface area contributed by atoms with E-state index >= 15 is 0 Å². The molecule has 1 aliphatic heterocycles.